The van der Waals surface area contributed by atoms with E-state index in [-0.39, 0.29) is 23.4 Å². The van der Waals surface area contributed by atoms with Crippen molar-refractivity contribution in [3.05, 3.63) is 101 Å². The third kappa shape index (κ3) is 4.86. The lowest BCUT2D eigenvalue weighted by molar-refractivity contribution is -0.384. The van der Waals surface area contributed by atoms with E-state index in [2.05, 4.69) is 4.99 Å². The summed E-state index contributed by atoms with van der Waals surface area (Å²) in [5.41, 5.74) is 1.43. The Morgan fingerprint density at radius 2 is 1.83 bits per heavy atom. The van der Waals surface area contributed by atoms with Gasteiger partial charge >= 0.3 is 11.9 Å². The van der Waals surface area contributed by atoms with E-state index in [1.807, 2.05) is 0 Å². The Labute approximate surface area is 208 Å². The fourth-order valence-corrected chi connectivity index (χ4v) is 4.88. The lowest BCUT2D eigenvalue weighted by Gasteiger charge is -2.24. The topological polar surface area (TPSA) is 130 Å². The van der Waals surface area contributed by atoms with E-state index in [0.717, 1.165) is 11.3 Å². The second-order valence-electron chi connectivity index (χ2n) is 7.81. The van der Waals surface area contributed by atoms with E-state index in [1.165, 1.54) is 23.6 Å². The third-order valence-electron chi connectivity index (χ3n) is 5.38. The third-order valence-corrected chi connectivity index (χ3v) is 6.36. The Balaban J connectivity index is 1.87. The predicted octanol–water partition coefficient (Wildman–Crippen LogP) is 2.63. The Hall–Kier alpha value is -4.38. The molecular weight excluding hydrogens is 486 g/mol. The minimum atomic E-state index is -0.814. The normalized spacial score (nSPS) is 15.2. The number of ether oxygens (including phenoxy) is 2. The van der Waals surface area contributed by atoms with Crippen LogP contribution in [-0.4, -0.2) is 28.0 Å². The fourth-order valence-electron chi connectivity index (χ4n) is 3.83. The van der Waals surface area contributed by atoms with Crippen molar-refractivity contribution in [3.8, 4) is 5.75 Å². The maximum atomic E-state index is 13.6. The van der Waals surface area contributed by atoms with E-state index in [4.69, 9.17) is 9.47 Å². The number of esters is 2. The summed E-state index contributed by atoms with van der Waals surface area (Å²) in [4.78, 5) is 53.1. The molecule has 0 spiro atoms. The summed E-state index contributed by atoms with van der Waals surface area (Å²) in [6.45, 7) is 4.82. The number of hydrogen-bond donors (Lipinski definition) is 0. The van der Waals surface area contributed by atoms with Gasteiger partial charge in [-0.2, -0.15) is 0 Å². The zero-order valence-electron chi connectivity index (χ0n) is 19.6. The van der Waals surface area contributed by atoms with Crippen molar-refractivity contribution in [2.45, 2.75) is 26.8 Å². The highest BCUT2D eigenvalue weighted by molar-refractivity contribution is 7.07. The Kier molecular flexibility index (Phi) is 6.93. The quantitative estimate of drug-likeness (QED) is 0.217. The zero-order chi connectivity index (χ0) is 26.0. The van der Waals surface area contributed by atoms with Gasteiger partial charge < -0.3 is 9.47 Å². The SMILES string of the molecule is CCOC(=O)C1=C(C)N=c2s/c(=C/c3ccc([N+](=O)[O-])cc3)c(=O)n2[C@H]1c1ccc(OC(C)=O)cc1. The molecule has 0 fully saturated rings. The summed E-state index contributed by atoms with van der Waals surface area (Å²) in [6.07, 6.45) is 1.62. The molecule has 0 bridgehead atoms. The highest BCUT2D eigenvalue weighted by Crippen LogP contribution is 2.31. The second-order valence-corrected chi connectivity index (χ2v) is 8.82. The van der Waals surface area contributed by atoms with Crippen LogP contribution in [0.1, 0.15) is 37.9 Å². The number of hydrogen-bond acceptors (Lipinski definition) is 9. The summed E-state index contributed by atoms with van der Waals surface area (Å²) >= 11 is 1.15. The van der Waals surface area contributed by atoms with Crippen molar-refractivity contribution in [3.63, 3.8) is 0 Å². The van der Waals surface area contributed by atoms with Crippen molar-refractivity contribution in [1.82, 2.24) is 4.57 Å². The summed E-state index contributed by atoms with van der Waals surface area (Å²) in [7, 11) is 0. The standard InChI is InChI=1S/C25H21N3O7S/c1-4-34-24(31)21-14(2)26-25-27(22(21)17-7-11-19(12-8-17)35-15(3)29)23(30)20(36-25)13-16-5-9-18(10-6-16)28(32)33/h5-13,22H,4H2,1-3H3/b20-13+/t22-/m0/s1. The number of nitro benzene ring substituents is 1. The lowest BCUT2D eigenvalue weighted by Crippen LogP contribution is -2.39. The molecule has 1 aromatic heterocycles. The minimum Gasteiger partial charge on any atom is -0.463 e. The van der Waals surface area contributed by atoms with E-state index < -0.39 is 22.9 Å². The zero-order valence-corrected chi connectivity index (χ0v) is 20.4. The largest absolute Gasteiger partial charge is 0.463 e. The van der Waals surface area contributed by atoms with Crippen LogP contribution in [0, 0.1) is 10.1 Å². The summed E-state index contributed by atoms with van der Waals surface area (Å²) in [5.74, 6) is -0.724. The van der Waals surface area contributed by atoms with Crippen LogP contribution in [0.2, 0.25) is 0 Å². The Morgan fingerprint density at radius 3 is 2.42 bits per heavy atom. The highest BCUT2D eigenvalue weighted by Gasteiger charge is 2.33. The van der Waals surface area contributed by atoms with Crippen LogP contribution in [0.5, 0.6) is 5.75 Å². The Morgan fingerprint density at radius 1 is 1.17 bits per heavy atom. The van der Waals surface area contributed by atoms with Gasteiger partial charge in [-0.3, -0.25) is 24.3 Å². The van der Waals surface area contributed by atoms with Gasteiger partial charge in [0, 0.05) is 19.1 Å². The maximum Gasteiger partial charge on any atom is 0.338 e. The van der Waals surface area contributed by atoms with Crippen LogP contribution in [0.3, 0.4) is 0 Å². The van der Waals surface area contributed by atoms with Crippen LogP contribution in [0.15, 0.2) is 69.6 Å². The van der Waals surface area contributed by atoms with Crippen LogP contribution in [0.25, 0.3) is 6.08 Å². The molecule has 11 heteroatoms. The number of rotatable bonds is 6. The number of thiazole rings is 1. The second kappa shape index (κ2) is 10.1. The van der Waals surface area contributed by atoms with Crippen LogP contribution in [0.4, 0.5) is 5.69 Å². The minimum absolute atomic E-state index is 0.0551. The summed E-state index contributed by atoms with van der Waals surface area (Å²) in [6, 6.07) is 11.5. The first-order valence-electron chi connectivity index (χ1n) is 10.9. The number of benzene rings is 2. The summed E-state index contributed by atoms with van der Waals surface area (Å²) < 4.78 is 12.2. The van der Waals surface area contributed by atoms with E-state index in [9.17, 15) is 24.5 Å². The molecule has 0 saturated heterocycles. The van der Waals surface area contributed by atoms with Crippen molar-refractivity contribution in [2.24, 2.45) is 4.99 Å². The fraction of sp³-hybridized carbons (Fsp3) is 0.200. The smallest absolute Gasteiger partial charge is 0.338 e. The number of fused-ring (bicyclic) bond motifs is 1. The molecule has 184 valence electrons. The van der Waals surface area contributed by atoms with Crippen molar-refractivity contribution < 1.29 is 24.0 Å². The van der Waals surface area contributed by atoms with Gasteiger partial charge in [-0.25, -0.2) is 9.79 Å². The average Bonchev–Trinajstić information content (AvgIpc) is 3.13. The van der Waals surface area contributed by atoms with E-state index >= 15 is 0 Å². The van der Waals surface area contributed by atoms with Gasteiger partial charge in [0.15, 0.2) is 4.80 Å². The molecule has 10 nitrogen and oxygen atoms in total. The molecule has 1 aliphatic heterocycles. The molecular formula is C25H21N3O7S. The number of allylic oxidation sites excluding steroid dienone is 1. The van der Waals surface area contributed by atoms with Gasteiger partial charge in [0.2, 0.25) is 0 Å². The molecule has 0 radical (unpaired) electrons. The number of aromatic nitrogens is 1. The van der Waals surface area contributed by atoms with Gasteiger partial charge in [-0.1, -0.05) is 23.5 Å². The maximum absolute atomic E-state index is 13.6. The first-order chi connectivity index (χ1) is 17.2. The molecule has 2 heterocycles. The van der Waals surface area contributed by atoms with Gasteiger partial charge in [-0.05, 0) is 55.3 Å². The molecule has 2 aromatic carbocycles. The van der Waals surface area contributed by atoms with E-state index in [0.29, 0.717) is 31.9 Å². The van der Waals surface area contributed by atoms with Crippen molar-refractivity contribution in [1.29, 1.82) is 0 Å². The number of nitro groups is 1. The van der Waals surface area contributed by atoms with Crippen LogP contribution in [-0.2, 0) is 14.3 Å². The highest BCUT2D eigenvalue weighted by atomic mass is 32.1. The first kappa shape index (κ1) is 24.7. The number of nitrogens with zero attached hydrogens (tertiary/aromatic N) is 3. The van der Waals surface area contributed by atoms with Gasteiger partial charge in [0.05, 0.1) is 33.4 Å². The van der Waals surface area contributed by atoms with Crippen molar-refractivity contribution in [2.75, 3.05) is 6.61 Å². The average molecular weight is 508 g/mol. The first-order valence-corrected chi connectivity index (χ1v) is 11.7. The molecule has 1 aliphatic rings. The molecule has 36 heavy (non-hydrogen) atoms. The van der Waals surface area contributed by atoms with E-state index in [1.54, 1.807) is 56.3 Å². The Bertz CT molecular complexity index is 1570. The monoisotopic (exact) mass is 507 g/mol. The van der Waals surface area contributed by atoms with Gasteiger partial charge in [-0.15, -0.1) is 0 Å². The number of carbonyl (C=O) groups is 2. The summed E-state index contributed by atoms with van der Waals surface area (Å²) in [5, 5.41) is 10.9. The lowest BCUT2D eigenvalue weighted by atomic mass is 9.96. The molecule has 0 amide bonds. The molecule has 4 rings (SSSR count). The van der Waals surface area contributed by atoms with Crippen LogP contribution >= 0.6 is 11.3 Å². The van der Waals surface area contributed by atoms with Crippen LogP contribution < -0.4 is 19.6 Å². The molecule has 0 aliphatic carbocycles. The molecule has 0 N–H and O–H groups in total. The number of carbonyl (C=O) groups excluding carboxylic acids is 2. The molecule has 1 atom stereocenters. The van der Waals surface area contributed by atoms with Crippen molar-refractivity contribution >= 4 is 35.0 Å². The molecule has 3 aromatic rings. The number of non-ortho nitro benzene ring substituents is 1. The van der Waals surface area contributed by atoms with Gasteiger partial charge in [0.1, 0.15) is 5.75 Å². The van der Waals surface area contributed by atoms with Gasteiger partial charge in [0.25, 0.3) is 11.2 Å². The predicted molar refractivity (Wildman–Crippen MR) is 131 cm³/mol. The molecule has 0 unspecified atom stereocenters. The molecule has 0 saturated carbocycles.